The summed E-state index contributed by atoms with van der Waals surface area (Å²) in [7, 11) is 2.86. The Labute approximate surface area is 156 Å². The third kappa shape index (κ3) is 5.46. The van der Waals surface area contributed by atoms with E-state index in [1.165, 1.54) is 27.2 Å². The number of rotatable bonds is 7. The molecule has 0 radical (unpaired) electrons. The highest BCUT2D eigenvalue weighted by Crippen LogP contribution is 2.31. The maximum atomic E-state index is 12.2. The molecule has 0 spiro atoms. The van der Waals surface area contributed by atoms with Crippen molar-refractivity contribution in [3.63, 3.8) is 0 Å². The maximum absolute atomic E-state index is 12.2. The number of esters is 1. The summed E-state index contributed by atoms with van der Waals surface area (Å²) in [6.07, 6.45) is 0. The second-order valence-corrected chi connectivity index (χ2v) is 5.43. The normalized spacial score (nSPS) is 9.89. The predicted molar refractivity (Wildman–Crippen MR) is 99.2 cm³/mol. The highest BCUT2D eigenvalue weighted by Gasteiger charge is 2.18. The number of benzene rings is 2. The van der Waals surface area contributed by atoms with E-state index >= 15 is 0 Å². The van der Waals surface area contributed by atoms with Gasteiger partial charge in [-0.2, -0.15) is 0 Å². The van der Waals surface area contributed by atoms with Gasteiger partial charge in [0.25, 0.3) is 5.91 Å². The molecule has 2 amide bonds. The molecule has 0 aliphatic heterocycles. The van der Waals surface area contributed by atoms with Crippen LogP contribution in [0.25, 0.3) is 0 Å². The van der Waals surface area contributed by atoms with Crippen LogP contribution in [0.15, 0.2) is 42.5 Å². The van der Waals surface area contributed by atoms with Gasteiger partial charge in [0.1, 0.15) is 5.56 Å². The quantitative estimate of drug-likeness (QED) is 0.724. The van der Waals surface area contributed by atoms with Gasteiger partial charge < -0.3 is 24.8 Å². The molecule has 0 atom stereocenters. The van der Waals surface area contributed by atoms with E-state index in [4.69, 9.17) is 14.2 Å². The molecule has 0 unspecified atom stereocenters. The van der Waals surface area contributed by atoms with Crippen molar-refractivity contribution in [2.45, 2.75) is 6.92 Å². The smallest absolute Gasteiger partial charge is 0.342 e. The molecule has 0 bridgehead atoms. The van der Waals surface area contributed by atoms with E-state index in [-0.39, 0.29) is 17.2 Å². The third-order valence-electron chi connectivity index (χ3n) is 3.42. The Morgan fingerprint density at radius 2 is 1.59 bits per heavy atom. The molecule has 2 aromatic carbocycles. The molecule has 0 aromatic heterocycles. The first-order valence-electron chi connectivity index (χ1n) is 8.00. The summed E-state index contributed by atoms with van der Waals surface area (Å²) in [4.78, 5) is 35.3. The number of methoxy groups -OCH3 is 2. The summed E-state index contributed by atoms with van der Waals surface area (Å²) in [5, 5.41) is 5.20. The molecular weight excluding hydrogens is 352 g/mol. The van der Waals surface area contributed by atoms with Crippen LogP contribution < -0.4 is 20.1 Å². The van der Waals surface area contributed by atoms with Gasteiger partial charge in [0.05, 0.1) is 14.2 Å². The average molecular weight is 372 g/mol. The molecule has 2 N–H and O–H groups in total. The van der Waals surface area contributed by atoms with E-state index in [0.717, 1.165) is 0 Å². The second-order valence-electron chi connectivity index (χ2n) is 5.43. The summed E-state index contributed by atoms with van der Waals surface area (Å²) in [5.74, 6) is -0.850. The van der Waals surface area contributed by atoms with Crippen LogP contribution >= 0.6 is 0 Å². The van der Waals surface area contributed by atoms with Crippen molar-refractivity contribution in [2.75, 3.05) is 31.5 Å². The van der Waals surface area contributed by atoms with Gasteiger partial charge in [-0.05, 0) is 30.3 Å². The molecule has 0 fully saturated rings. The maximum Gasteiger partial charge on any atom is 0.342 e. The fourth-order valence-corrected chi connectivity index (χ4v) is 2.33. The van der Waals surface area contributed by atoms with E-state index in [1.807, 2.05) is 0 Å². The lowest BCUT2D eigenvalue weighted by Crippen LogP contribution is -2.21. The highest BCUT2D eigenvalue weighted by atomic mass is 16.5. The summed E-state index contributed by atoms with van der Waals surface area (Å²) in [5.41, 5.74) is 1.15. The van der Waals surface area contributed by atoms with E-state index in [0.29, 0.717) is 17.1 Å². The van der Waals surface area contributed by atoms with Crippen LogP contribution in [0.1, 0.15) is 17.3 Å². The molecule has 27 heavy (non-hydrogen) atoms. The van der Waals surface area contributed by atoms with E-state index in [2.05, 4.69) is 10.6 Å². The average Bonchev–Trinajstić information content (AvgIpc) is 2.65. The minimum atomic E-state index is -0.715. The summed E-state index contributed by atoms with van der Waals surface area (Å²) in [6, 6.07) is 11.4. The molecule has 8 nitrogen and oxygen atoms in total. The standard InChI is InChI=1S/C19H20N2O6/c1-12(22)20-13-6-4-7-14(10-13)21-17(23)11-27-19(24)15-8-5-9-16(25-2)18(15)26-3/h4-10H,11H2,1-3H3,(H,20,22)(H,21,23). The first-order chi connectivity index (χ1) is 12.9. The zero-order valence-corrected chi connectivity index (χ0v) is 15.2. The Hall–Kier alpha value is -3.55. The van der Waals surface area contributed by atoms with Gasteiger partial charge in [0.2, 0.25) is 5.91 Å². The number of hydrogen-bond donors (Lipinski definition) is 2. The molecular formula is C19H20N2O6. The lowest BCUT2D eigenvalue weighted by Gasteiger charge is -2.12. The van der Waals surface area contributed by atoms with Crippen LogP contribution in [-0.4, -0.2) is 38.6 Å². The molecule has 0 aliphatic carbocycles. The molecule has 2 aromatic rings. The first-order valence-corrected chi connectivity index (χ1v) is 8.00. The minimum Gasteiger partial charge on any atom is -0.493 e. The van der Waals surface area contributed by atoms with E-state index < -0.39 is 18.5 Å². The van der Waals surface area contributed by atoms with Gasteiger partial charge >= 0.3 is 5.97 Å². The predicted octanol–water partition coefficient (Wildman–Crippen LogP) is 2.46. The minimum absolute atomic E-state index is 0.150. The summed E-state index contributed by atoms with van der Waals surface area (Å²) in [6.45, 7) is 0.904. The lowest BCUT2D eigenvalue weighted by atomic mass is 10.2. The number of carbonyl (C=O) groups is 3. The Bertz CT molecular complexity index is 850. The molecule has 2 rings (SSSR count). The number of hydrogen-bond acceptors (Lipinski definition) is 6. The first kappa shape index (κ1) is 19.8. The largest absolute Gasteiger partial charge is 0.493 e. The number of amides is 2. The highest BCUT2D eigenvalue weighted by molar-refractivity contribution is 5.98. The zero-order valence-electron chi connectivity index (χ0n) is 15.2. The molecule has 8 heteroatoms. The number of para-hydroxylation sites is 1. The lowest BCUT2D eigenvalue weighted by molar-refractivity contribution is -0.119. The van der Waals surface area contributed by atoms with Gasteiger partial charge in [-0.3, -0.25) is 9.59 Å². The summed E-state index contributed by atoms with van der Waals surface area (Å²) >= 11 is 0. The van der Waals surface area contributed by atoms with Crippen molar-refractivity contribution in [1.82, 2.24) is 0 Å². The molecule has 0 saturated heterocycles. The number of carbonyl (C=O) groups excluding carboxylic acids is 3. The van der Waals surface area contributed by atoms with Crippen LogP contribution in [0.3, 0.4) is 0 Å². The van der Waals surface area contributed by atoms with E-state index in [1.54, 1.807) is 36.4 Å². The van der Waals surface area contributed by atoms with Crippen molar-refractivity contribution in [2.24, 2.45) is 0 Å². The Balaban J connectivity index is 1.98. The Kier molecular flexibility index (Phi) is 6.76. The van der Waals surface area contributed by atoms with Crippen LogP contribution in [0.5, 0.6) is 11.5 Å². The second kappa shape index (κ2) is 9.23. The van der Waals surface area contributed by atoms with Crippen LogP contribution in [0, 0.1) is 0 Å². The van der Waals surface area contributed by atoms with Crippen molar-refractivity contribution >= 4 is 29.2 Å². The van der Waals surface area contributed by atoms with Gasteiger partial charge in [-0.15, -0.1) is 0 Å². The zero-order chi connectivity index (χ0) is 19.8. The van der Waals surface area contributed by atoms with Crippen LogP contribution in [0.2, 0.25) is 0 Å². The Morgan fingerprint density at radius 3 is 2.22 bits per heavy atom. The van der Waals surface area contributed by atoms with Gasteiger partial charge in [-0.25, -0.2) is 4.79 Å². The van der Waals surface area contributed by atoms with E-state index in [9.17, 15) is 14.4 Å². The van der Waals surface area contributed by atoms with Crippen LogP contribution in [0.4, 0.5) is 11.4 Å². The molecule has 142 valence electrons. The fraction of sp³-hybridized carbons (Fsp3) is 0.211. The topological polar surface area (TPSA) is 103 Å². The monoisotopic (exact) mass is 372 g/mol. The number of nitrogens with one attached hydrogen (secondary N) is 2. The van der Waals surface area contributed by atoms with Gasteiger partial charge in [0.15, 0.2) is 18.1 Å². The number of ether oxygens (including phenoxy) is 3. The third-order valence-corrected chi connectivity index (χ3v) is 3.42. The SMILES string of the molecule is COc1cccc(C(=O)OCC(=O)Nc2cccc(NC(C)=O)c2)c1OC. The van der Waals surface area contributed by atoms with Crippen molar-refractivity contribution < 1.29 is 28.6 Å². The molecule has 0 aliphatic rings. The van der Waals surface area contributed by atoms with Gasteiger partial charge in [-0.1, -0.05) is 12.1 Å². The fourth-order valence-electron chi connectivity index (χ4n) is 2.33. The molecule has 0 saturated carbocycles. The van der Waals surface area contributed by atoms with Crippen molar-refractivity contribution in [3.05, 3.63) is 48.0 Å². The van der Waals surface area contributed by atoms with Crippen molar-refractivity contribution in [1.29, 1.82) is 0 Å². The van der Waals surface area contributed by atoms with Crippen molar-refractivity contribution in [3.8, 4) is 11.5 Å². The Morgan fingerprint density at radius 1 is 0.926 bits per heavy atom. The summed E-state index contributed by atoms with van der Waals surface area (Å²) < 4.78 is 15.3. The number of anilines is 2. The van der Waals surface area contributed by atoms with Gasteiger partial charge in [0, 0.05) is 18.3 Å². The molecule has 0 heterocycles. The van der Waals surface area contributed by atoms with Crippen LogP contribution in [-0.2, 0) is 14.3 Å².